The van der Waals surface area contributed by atoms with Crippen molar-refractivity contribution in [2.24, 2.45) is 0 Å². The lowest BCUT2D eigenvalue weighted by Crippen LogP contribution is -2.20. The summed E-state index contributed by atoms with van der Waals surface area (Å²) in [4.78, 5) is 4.85. The Morgan fingerprint density at radius 1 is 0.738 bits per heavy atom. The predicted molar refractivity (Wildman–Crippen MR) is 175 cm³/mol. The van der Waals surface area contributed by atoms with Crippen LogP contribution in [-0.2, 0) is 5.41 Å². The number of nitrogens with one attached hydrogen (secondary N) is 1. The number of rotatable bonds is 3. The molecule has 0 unspecified atom stereocenters. The molecule has 1 N–H and O–H groups in total. The van der Waals surface area contributed by atoms with Gasteiger partial charge in [-0.2, -0.15) is 0 Å². The molecule has 0 spiro atoms. The number of dihydropyridines is 1. The molecule has 0 radical (unpaired) electrons. The normalized spacial score (nSPS) is 14.8. The fourth-order valence-corrected chi connectivity index (χ4v) is 6.93. The van der Waals surface area contributed by atoms with Crippen LogP contribution in [0.2, 0.25) is 0 Å². The van der Waals surface area contributed by atoms with Crippen molar-refractivity contribution < 1.29 is 0 Å². The first kappa shape index (κ1) is 24.6. The van der Waals surface area contributed by atoms with Gasteiger partial charge in [-0.05, 0) is 58.7 Å². The molecule has 2 aliphatic rings. The second-order valence-electron chi connectivity index (χ2n) is 11.6. The van der Waals surface area contributed by atoms with E-state index in [1.165, 1.54) is 44.4 Å². The standard InChI is InChI=1S/C39H31N3/c1-39(2)31-16-6-3-13-27(31)37-29-15-5-8-20-35(29)42(38(37)28-14-4-7-17-32(28)39)36-22-21-26(33-18-9-11-23-40-33)25-30(36)34-19-10-12-24-41-34/h3-22,24-25,40H,23H2,1-2H3. The van der Waals surface area contributed by atoms with Crippen LogP contribution in [0.25, 0.3) is 55.9 Å². The molecular formula is C39H31N3. The number of hydrogen-bond acceptors (Lipinski definition) is 2. The topological polar surface area (TPSA) is 29.9 Å². The van der Waals surface area contributed by atoms with Gasteiger partial charge >= 0.3 is 0 Å². The Kier molecular flexibility index (Phi) is 5.55. The molecule has 1 aliphatic carbocycles. The van der Waals surface area contributed by atoms with Crippen molar-refractivity contribution in [3.63, 3.8) is 0 Å². The minimum atomic E-state index is -0.168. The minimum Gasteiger partial charge on any atom is -0.381 e. The summed E-state index contributed by atoms with van der Waals surface area (Å²) >= 11 is 0. The lowest BCUT2D eigenvalue weighted by molar-refractivity contribution is 0.646. The SMILES string of the molecule is CC1(C)c2ccccc2-c2c(n(-c3ccc(C4=CC=CCN4)cc3-c3ccccn3)c3ccccc23)-c2ccccc21. The molecule has 3 heterocycles. The third kappa shape index (κ3) is 3.63. The fourth-order valence-electron chi connectivity index (χ4n) is 6.93. The van der Waals surface area contributed by atoms with Crippen molar-refractivity contribution in [3.8, 4) is 39.3 Å². The van der Waals surface area contributed by atoms with Crippen molar-refractivity contribution in [1.82, 2.24) is 14.9 Å². The first-order chi connectivity index (χ1) is 20.6. The van der Waals surface area contributed by atoms with Gasteiger partial charge in [-0.1, -0.05) is 105 Å². The Bertz CT molecular complexity index is 2060. The quantitative estimate of drug-likeness (QED) is 0.242. The molecule has 42 heavy (non-hydrogen) atoms. The van der Waals surface area contributed by atoms with Crippen LogP contribution in [0.3, 0.4) is 0 Å². The van der Waals surface area contributed by atoms with Crippen molar-refractivity contribution in [3.05, 3.63) is 150 Å². The Morgan fingerprint density at radius 3 is 2.26 bits per heavy atom. The summed E-state index contributed by atoms with van der Waals surface area (Å²) in [5.74, 6) is 0. The van der Waals surface area contributed by atoms with E-state index >= 15 is 0 Å². The van der Waals surface area contributed by atoms with Crippen molar-refractivity contribution in [1.29, 1.82) is 0 Å². The van der Waals surface area contributed by atoms with Gasteiger partial charge in [0.25, 0.3) is 0 Å². The third-order valence-electron chi connectivity index (χ3n) is 8.90. The zero-order valence-electron chi connectivity index (χ0n) is 23.8. The molecule has 3 heteroatoms. The summed E-state index contributed by atoms with van der Waals surface area (Å²) in [5, 5.41) is 4.79. The second-order valence-corrected chi connectivity index (χ2v) is 11.6. The number of nitrogens with zero attached hydrogens (tertiary/aromatic N) is 2. The van der Waals surface area contributed by atoms with Crippen LogP contribution >= 0.6 is 0 Å². The Hall–Kier alpha value is -5.15. The van der Waals surface area contributed by atoms with Crippen LogP contribution in [0, 0.1) is 0 Å². The van der Waals surface area contributed by atoms with Crippen LogP contribution in [0.1, 0.15) is 30.5 Å². The van der Waals surface area contributed by atoms with E-state index in [1.54, 1.807) is 0 Å². The van der Waals surface area contributed by atoms with Gasteiger partial charge in [-0.3, -0.25) is 4.98 Å². The van der Waals surface area contributed by atoms with Crippen LogP contribution in [0.15, 0.2) is 134 Å². The lowest BCUT2D eigenvalue weighted by atomic mass is 9.75. The summed E-state index contributed by atoms with van der Waals surface area (Å²) in [5.41, 5.74) is 14.2. The average Bonchev–Trinajstić information content (AvgIpc) is 3.36. The molecule has 2 aromatic heterocycles. The number of fused-ring (bicyclic) bond motifs is 7. The number of pyridine rings is 1. The lowest BCUT2D eigenvalue weighted by Gasteiger charge is -2.28. The number of hydrogen-bond donors (Lipinski definition) is 1. The molecule has 0 saturated carbocycles. The van der Waals surface area contributed by atoms with Gasteiger partial charge < -0.3 is 9.88 Å². The average molecular weight is 542 g/mol. The number of benzene rings is 4. The van der Waals surface area contributed by atoms with E-state index in [-0.39, 0.29) is 5.41 Å². The molecule has 202 valence electrons. The first-order valence-electron chi connectivity index (χ1n) is 14.6. The highest BCUT2D eigenvalue weighted by atomic mass is 15.0. The van der Waals surface area contributed by atoms with E-state index in [4.69, 9.17) is 4.98 Å². The third-order valence-corrected chi connectivity index (χ3v) is 8.90. The molecule has 4 aromatic carbocycles. The van der Waals surface area contributed by atoms with Crippen LogP contribution in [0.5, 0.6) is 0 Å². The minimum absolute atomic E-state index is 0.168. The van der Waals surface area contributed by atoms with E-state index in [0.29, 0.717) is 0 Å². The smallest absolute Gasteiger partial charge is 0.0723 e. The Labute approximate surface area is 246 Å². The van der Waals surface area contributed by atoms with E-state index in [0.717, 1.165) is 34.8 Å². The highest BCUT2D eigenvalue weighted by Gasteiger charge is 2.36. The molecule has 1 aliphatic heterocycles. The molecule has 6 aromatic rings. The zero-order valence-corrected chi connectivity index (χ0v) is 23.8. The van der Waals surface area contributed by atoms with Crippen LogP contribution in [-0.4, -0.2) is 16.1 Å². The van der Waals surface area contributed by atoms with E-state index < -0.39 is 0 Å². The van der Waals surface area contributed by atoms with E-state index in [9.17, 15) is 0 Å². The molecule has 0 saturated heterocycles. The summed E-state index contributed by atoms with van der Waals surface area (Å²) in [6.45, 7) is 5.54. The van der Waals surface area contributed by atoms with Crippen molar-refractivity contribution >= 4 is 16.6 Å². The Balaban J connectivity index is 1.53. The molecule has 8 rings (SSSR count). The maximum atomic E-state index is 4.85. The maximum Gasteiger partial charge on any atom is 0.0723 e. The van der Waals surface area contributed by atoms with Crippen LogP contribution < -0.4 is 5.32 Å². The second kappa shape index (κ2) is 9.46. The van der Waals surface area contributed by atoms with E-state index in [1.807, 2.05) is 12.3 Å². The predicted octanol–water partition coefficient (Wildman–Crippen LogP) is 9.17. The number of aromatic nitrogens is 2. The van der Waals surface area contributed by atoms with Gasteiger partial charge in [0, 0.05) is 45.9 Å². The summed E-state index contributed by atoms with van der Waals surface area (Å²) in [6, 6.07) is 39.7. The van der Waals surface area contributed by atoms with Gasteiger partial charge in [0.1, 0.15) is 0 Å². The number of allylic oxidation sites excluding steroid dienone is 2. The van der Waals surface area contributed by atoms with Gasteiger partial charge in [0.2, 0.25) is 0 Å². The molecule has 0 atom stereocenters. The van der Waals surface area contributed by atoms with Crippen LogP contribution in [0.4, 0.5) is 0 Å². The van der Waals surface area contributed by atoms with Gasteiger partial charge in [0.05, 0.1) is 22.6 Å². The molecule has 0 fully saturated rings. The maximum absolute atomic E-state index is 4.85. The van der Waals surface area contributed by atoms with Crippen molar-refractivity contribution in [2.45, 2.75) is 19.3 Å². The molecule has 0 amide bonds. The summed E-state index contributed by atoms with van der Waals surface area (Å²) in [7, 11) is 0. The molecule has 0 bridgehead atoms. The largest absolute Gasteiger partial charge is 0.381 e. The highest BCUT2D eigenvalue weighted by Crippen LogP contribution is 2.53. The fraction of sp³-hybridized carbons (Fsp3) is 0.103. The van der Waals surface area contributed by atoms with Gasteiger partial charge in [-0.15, -0.1) is 0 Å². The zero-order chi connectivity index (χ0) is 28.3. The van der Waals surface area contributed by atoms with Crippen molar-refractivity contribution in [2.75, 3.05) is 6.54 Å². The highest BCUT2D eigenvalue weighted by molar-refractivity contribution is 6.08. The first-order valence-corrected chi connectivity index (χ1v) is 14.6. The van der Waals surface area contributed by atoms with Gasteiger partial charge in [-0.25, -0.2) is 0 Å². The monoisotopic (exact) mass is 541 g/mol. The summed E-state index contributed by atoms with van der Waals surface area (Å²) < 4.78 is 2.48. The Morgan fingerprint density at radius 2 is 1.48 bits per heavy atom. The molecular weight excluding hydrogens is 510 g/mol. The van der Waals surface area contributed by atoms with E-state index in [2.05, 4.69) is 145 Å². The molecule has 3 nitrogen and oxygen atoms in total. The van der Waals surface area contributed by atoms with Gasteiger partial charge in [0.15, 0.2) is 0 Å². The number of para-hydroxylation sites is 1. The summed E-state index contributed by atoms with van der Waals surface area (Å²) in [6.07, 6.45) is 8.28.